The van der Waals surface area contributed by atoms with E-state index in [1.165, 1.54) is 13.0 Å². The Bertz CT molecular complexity index is 483. The quantitative estimate of drug-likeness (QED) is 0.841. The molecule has 0 amide bonds. The number of rotatable bonds is 5. The van der Waals surface area contributed by atoms with Gasteiger partial charge < -0.3 is 5.32 Å². The summed E-state index contributed by atoms with van der Waals surface area (Å²) in [5.74, 6) is -2.32. The van der Waals surface area contributed by atoms with Crippen molar-refractivity contribution in [1.29, 1.82) is 0 Å². The van der Waals surface area contributed by atoms with Crippen LogP contribution in [0.3, 0.4) is 0 Å². The van der Waals surface area contributed by atoms with Crippen LogP contribution >= 0.6 is 0 Å². The third kappa shape index (κ3) is 4.30. The molecule has 0 spiro atoms. The molecule has 2 nitrogen and oxygen atoms in total. The highest BCUT2D eigenvalue weighted by Gasteiger charge is 2.35. The highest BCUT2D eigenvalue weighted by molar-refractivity contribution is 5.83. The van der Waals surface area contributed by atoms with Gasteiger partial charge in [0.25, 0.3) is 0 Å². The van der Waals surface area contributed by atoms with Crippen molar-refractivity contribution in [1.82, 2.24) is 5.32 Å². The van der Waals surface area contributed by atoms with Crippen molar-refractivity contribution in [3.8, 4) is 0 Å². The zero-order valence-electron chi connectivity index (χ0n) is 11.5. The maximum Gasteiger partial charge on any atom is 0.419 e. The first-order valence-corrected chi connectivity index (χ1v) is 6.23. The molecule has 0 aliphatic carbocycles. The lowest BCUT2D eigenvalue weighted by molar-refractivity contribution is -0.140. The zero-order valence-corrected chi connectivity index (χ0v) is 11.5. The molecule has 0 fully saturated rings. The third-order valence-corrected chi connectivity index (χ3v) is 2.92. The summed E-state index contributed by atoms with van der Waals surface area (Å²) in [6, 6.07) is 2.78. The van der Waals surface area contributed by atoms with Crippen LogP contribution in [0.2, 0.25) is 0 Å². The number of carbonyl (C=O) groups excluding carboxylic acids is 1. The molecule has 1 unspecified atom stereocenters. The van der Waals surface area contributed by atoms with Crippen LogP contribution in [0.4, 0.5) is 17.6 Å². The predicted octanol–water partition coefficient (Wildman–Crippen LogP) is 3.52. The van der Waals surface area contributed by atoms with Crippen LogP contribution in [0.1, 0.15) is 37.8 Å². The predicted molar refractivity (Wildman–Crippen MR) is 68.0 cm³/mol. The standard InChI is InChI=1S/C14H17F4NO/c1-8(2)19-7-11(9(3)20)10-4-5-13(15)12(6-10)14(16,17)18/h4-6,8,11,19H,7H2,1-3H3. The van der Waals surface area contributed by atoms with Gasteiger partial charge in [-0.15, -0.1) is 0 Å². The molecule has 1 aromatic carbocycles. The minimum atomic E-state index is -4.77. The van der Waals surface area contributed by atoms with Crippen LogP contribution in [-0.4, -0.2) is 18.4 Å². The minimum absolute atomic E-state index is 0.0967. The Balaban J connectivity index is 3.12. The largest absolute Gasteiger partial charge is 0.419 e. The lowest BCUT2D eigenvalue weighted by Gasteiger charge is -2.18. The SMILES string of the molecule is CC(=O)C(CNC(C)C)c1ccc(F)c(C(F)(F)F)c1. The van der Waals surface area contributed by atoms with Crippen molar-refractivity contribution in [2.75, 3.05) is 6.54 Å². The average Bonchev–Trinajstić information content (AvgIpc) is 2.28. The number of Topliss-reactive ketones (excluding diaryl/α,β-unsaturated/α-hetero) is 1. The van der Waals surface area contributed by atoms with E-state index in [2.05, 4.69) is 5.32 Å². The van der Waals surface area contributed by atoms with Crippen molar-refractivity contribution < 1.29 is 22.4 Å². The van der Waals surface area contributed by atoms with Gasteiger partial charge in [-0.1, -0.05) is 19.9 Å². The molecule has 1 N–H and O–H groups in total. The van der Waals surface area contributed by atoms with E-state index in [1.807, 2.05) is 13.8 Å². The molecule has 0 saturated heterocycles. The summed E-state index contributed by atoms with van der Waals surface area (Å²) in [4.78, 5) is 11.6. The van der Waals surface area contributed by atoms with Crippen LogP contribution < -0.4 is 5.32 Å². The molecule has 0 bridgehead atoms. The first kappa shape index (κ1) is 16.6. The van der Waals surface area contributed by atoms with E-state index in [1.54, 1.807) is 0 Å². The van der Waals surface area contributed by atoms with Gasteiger partial charge in [-0.05, 0) is 24.6 Å². The Labute approximate surface area is 115 Å². The van der Waals surface area contributed by atoms with Crippen LogP contribution in [0.25, 0.3) is 0 Å². The van der Waals surface area contributed by atoms with Crippen molar-refractivity contribution in [3.63, 3.8) is 0 Å². The van der Waals surface area contributed by atoms with Crippen molar-refractivity contribution >= 4 is 5.78 Å². The van der Waals surface area contributed by atoms with Gasteiger partial charge in [-0.3, -0.25) is 4.79 Å². The number of ketones is 1. The maximum atomic E-state index is 13.2. The van der Waals surface area contributed by atoms with Gasteiger partial charge in [-0.2, -0.15) is 13.2 Å². The fourth-order valence-corrected chi connectivity index (χ4v) is 1.83. The molecule has 20 heavy (non-hydrogen) atoms. The second kappa shape index (κ2) is 6.35. The van der Waals surface area contributed by atoms with Crippen molar-refractivity contribution in [3.05, 3.63) is 35.1 Å². The second-order valence-corrected chi connectivity index (χ2v) is 4.96. The van der Waals surface area contributed by atoms with Crippen molar-refractivity contribution in [2.45, 2.75) is 38.9 Å². The second-order valence-electron chi connectivity index (χ2n) is 4.96. The van der Waals surface area contributed by atoms with Gasteiger partial charge in [0.1, 0.15) is 11.6 Å². The molecular formula is C14H17F4NO. The number of halogens is 4. The van der Waals surface area contributed by atoms with E-state index < -0.39 is 23.5 Å². The van der Waals surface area contributed by atoms with E-state index in [0.717, 1.165) is 6.07 Å². The average molecular weight is 291 g/mol. The Hall–Kier alpha value is -1.43. The zero-order chi connectivity index (χ0) is 15.5. The van der Waals surface area contributed by atoms with Gasteiger partial charge >= 0.3 is 6.18 Å². The molecular weight excluding hydrogens is 274 g/mol. The van der Waals surface area contributed by atoms with E-state index in [4.69, 9.17) is 0 Å². The number of carbonyl (C=O) groups is 1. The molecule has 0 heterocycles. The summed E-state index contributed by atoms with van der Waals surface area (Å²) in [5.41, 5.74) is -1.18. The van der Waals surface area contributed by atoms with Gasteiger partial charge in [-0.25, -0.2) is 4.39 Å². The molecule has 112 valence electrons. The van der Waals surface area contributed by atoms with Crippen molar-refractivity contribution in [2.24, 2.45) is 0 Å². The lowest BCUT2D eigenvalue weighted by atomic mass is 9.93. The third-order valence-electron chi connectivity index (χ3n) is 2.92. The molecule has 0 aliphatic rings. The van der Waals surface area contributed by atoms with Gasteiger partial charge in [0.15, 0.2) is 0 Å². The van der Waals surface area contributed by atoms with E-state index >= 15 is 0 Å². The van der Waals surface area contributed by atoms with E-state index in [9.17, 15) is 22.4 Å². The summed E-state index contributed by atoms with van der Waals surface area (Å²) in [5, 5.41) is 3.00. The maximum absolute atomic E-state index is 13.2. The van der Waals surface area contributed by atoms with Crippen LogP contribution in [0.15, 0.2) is 18.2 Å². The number of hydrogen-bond donors (Lipinski definition) is 1. The topological polar surface area (TPSA) is 29.1 Å². The van der Waals surface area contributed by atoms with Crippen LogP contribution in [0.5, 0.6) is 0 Å². The van der Waals surface area contributed by atoms with Crippen LogP contribution in [-0.2, 0) is 11.0 Å². The molecule has 1 aromatic rings. The van der Waals surface area contributed by atoms with Gasteiger partial charge in [0.2, 0.25) is 0 Å². The van der Waals surface area contributed by atoms with E-state index in [0.29, 0.717) is 6.07 Å². The molecule has 1 atom stereocenters. The fraction of sp³-hybridized carbons (Fsp3) is 0.500. The number of alkyl halides is 3. The molecule has 0 aromatic heterocycles. The van der Waals surface area contributed by atoms with Crippen LogP contribution in [0, 0.1) is 5.82 Å². The summed E-state index contributed by atoms with van der Waals surface area (Å²) >= 11 is 0. The summed E-state index contributed by atoms with van der Waals surface area (Å²) in [6.45, 7) is 5.26. The summed E-state index contributed by atoms with van der Waals surface area (Å²) in [7, 11) is 0. The highest BCUT2D eigenvalue weighted by Crippen LogP contribution is 2.33. The molecule has 1 rings (SSSR count). The number of benzene rings is 1. The van der Waals surface area contributed by atoms with Gasteiger partial charge in [0, 0.05) is 12.6 Å². The first-order valence-electron chi connectivity index (χ1n) is 6.23. The minimum Gasteiger partial charge on any atom is -0.313 e. The normalized spacial score (nSPS) is 13.6. The van der Waals surface area contributed by atoms with Gasteiger partial charge in [0.05, 0.1) is 11.5 Å². The number of hydrogen-bond acceptors (Lipinski definition) is 2. The summed E-state index contributed by atoms with van der Waals surface area (Å²) in [6.07, 6.45) is -4.77. The Kier molecular flexibility index (Phi) is 5.28. The lowest BCUT2D eigenvalue weighted by Crippen LogP contribution is -2.31. The monoisotopic (exact) mass is 291 g/mol. The smallest absolute Gasteiger partial charge is 0.313 e. The Morgan fingerprint density at radius 2 is 1.90 bits per heavy atom. The summed E-state index contributed by atoms with van der Waals surface area (Å²) < 4.78 is 51.2. The first-order chi connectivity index (χ1) is 9.12. The molecule has 6 heteroatoms. The molecule has 0 radical (unpaired) electrons. The van der Waals surface area contributed by atoms with E-state index in [-0.39, 0.29) is 23.9 Å². The Morgan fingerprint density at radius 1 is 1.30 bits per heavy atom. The Morgan fingerprint density at radius 3 is 2.35 bits per heavy atom. The molecule has 0 aliphatic heterocycles. The number of nitrogens with one attached hydrogen (secondary N) is 1. The highest BCUT2D eigenvalue weighted by atomic mass is 19.4. The fourth-order valence-electron chi connectivity index (χ4n) is 1.83. The molecule has 0 saturated carbocycles.